The molecule has 1 N–H and O–H groups in total. The number of benzene rings is 1. The Kier molecular flexibility index (Phi) is 5.56. The SMILES string of the molecule is FC(F)(F)CCNCCc1ccc(Cl)cc1Cl. The Morgan fingerprint density at radius 1 is 1.12 bits per heavy atom. The van der Waals surface area contributed by atoms with Crippen molar-refractivity contribution in [1.82, 2.24) is 5.32 Å². The third-order valence-corrected chi connectivity index (χ3v) is 2.76. The molecule has 1 aromatic rings. The summed E-state index contributed by atoms with van der Waals surface area (Å²) < 4.78 is 35.5. The Balaban J connectivity index is 2.27. The molecule has 17 heavy (non-hydrogen) atoms. The lowest BCUT2D eigenvalue weighted by molar-refractivity contribution is -0.133. The molecular weight excluding hydrogens is 274 g/mol. The van der Waals surface area contributed by atoms with Crippen molar-refractivity contribution < 1.29 is 13.2 Å². The lowest BCUT2D eigenvalue weighted by atomic mass is 10.1. The summed E-state index contributed by atoms with van der Waals surface area (Å²) in [7, 11) is 0. The van der Waals surface area contributed by atoms with Crippen molar-refractivity contribution in [3.05, 3.63) is 33.8 Å². The number of nitrogens with one attached hydrogen (secondary N) is 1. The van der Waals surface area contributed by atoms with E-state index in [1.54, 1.807) is 18.2 Å². The van der Waals surface area contributed by atoms with Crippen LogP contribution < -0.4 is 5.32 Å². The minimum atomic E-state index is -4.11. The molecule has 1 rings (SSSR count). The van der Waals surface area contributed by atoms with E-state index in [0.717, 1.165) is 5.56 Å². The first-order chi connectivity index (χ1) is 7.88. The number of hydrogen-bond acceptors (Lipinski definition) is 1. The maximum absolute atomic E-state index is 11.8. The minimum Gasteiger partial charge on any atom is -0.316 e. The van der Waals surface area contributed by atoms with Crippen molar-refractivity contribution in [3.63, 3.8) is 0 Å². The third kappa shape index (κ3) is 6.15. The molecule has 0 saturated heterocycles. The van der Waals surface area contributed by atoms with Crippen molar-refractivity contribution in [2.75, 3.05) is 13.1 Å². The van der Waals surface area contributed by atoms with Crippen molar-refractivity contribution in [1.29, 1.82) is 0 Å². The number of rotatable bonds is 5. The molecule has 0 heterocycles. The lowest BCUT2D eigenvalue weighted by Gasteiger charge is -2.08. The van der Waals surface area contributed by atoms with E-state index in [1.165, 1.54) is 0 Å². The van der Waals surface area contributed by atoms with Gasteiger partial charge in [0, 0.05) is 16.6 Å². The molecule has 0 spiro atoms. The molecular formula is C11H12Cl2F3N. The molecule has 0 aliphatic heterocycles. The Morgan fingerprint density at radius 2 is 1.82 bits per heavy atom. The minimum absolute atomic E-state index is 0.0747. The van der Waals surface area contributed by atoms with Crippen LogP contribution in [0.2, 0.25) is 10.0 Å². The monoisotopic (exact) mass is 285 g/mol. The smallest absolute Gasteiger partial charge is 0.316 e. The fourth-order valence-corrected chi connectivity index (χ4v) is 1.81. The molecule has 0 saturated carbocycles. The van der Waals surface area contributed by atoms with Gasteiger partial charge >= 0.3 is 6.18 Å². The van der Waals surface area contributed by atoms with Crippen LogP contribution in [0.15, 0.2) is 18.2 Å². The standard InChI is InChI=1S/C11H12Cl2F3N/c12-9-2-1-8(10(13)7-9)3-5-17-6-4-11(14,15)16/h1-2,7,17H,3-6H2. The fraction of sp³-hybridized carbons (Fsp3) is 0.455. The lowest BCUT2D eigenvalue weighted by Crippen LogP contribution is -2.23. The highest BCUT2D eigenvalue weighted by molar-refractivity contribution is 6.35. The van der Waals surface area contributed by atoms with Gasteiger partial charge in [-0.05, 0) is 30.7 Å². The van der Waals surface area contributed by atoms with E-state index >= 15 is 0 Å². The van der Waals surface area contributed by atoms with E-state index in [1.807, 2.05) is 0 Å². The number of hydrogen-bond donors (Lipinski definition) is 1. The molecule has 6 heteroatoms. The number of alkyl halides is 3. The fourth-order valence-electron chi connectivity index (χ4n) is 1.30. The summed E-state index contributed by atoms with van der Waals surface area (Å²) in [5.41, 5.74) is 0.871. The first kappa shape index (κ1) is 14.6. The van der Waals surface area contributed by atoms with Crippen LogP contribution in [-0.2, 0) is 6.42 Å². The molecule has 0 aromatic heterocycles. The molecule has 0 fully saturated rings. The van der Waals surface area contributed by atoms with E-state index in [4.69, 9.17) is 23.2 Å². The molecule has 0 amide bonds. The second-order valence-corrected chi connectivity index (χ2v) is 4.44. The molecule has 0 unspecified atom stereocenters. The van der Waals surface area contributed by atoms with E-state index in [-0.39, 0.29) is 6.54 Å². The van der Waals surface area contributed by atoms with E-state index in [9.17, 15) is 13.2 Å². The van der Waals surface area contributed by atoms with E-state index < -0.39 is 12.6 Å². The highest BCUT2D eigenvalue weighted by Gasteiger charge is 2.25. The third-order valence-electron chi connectivity index (χ3n) is 2.17. The van der Waals surface area contributed by atoms with Gasteiger partial charge in [-0.25, -0.2) is 0 Å². The Labute approximate surface area is 108 Å². The number of halogens is 5. The van der Waals surface area contributed by atoms with Gasteiger partial charge in [-0.15, -0.1) is 0 Å². The maximum Gasteiger partial charge on any atom is 0.390 e. The molecule has 1 aromatic carbocycles. The first-order valence-electron chi connectivity index (χ1n) is 5.10. The summed E-state index contributed by atoms with van der Waals surface area (Å²) in [5.74, 6) is 0. The molecule has 96 valence electrons. The van der Waals surface area contributed by atoms with Gasteiger partial charge in [0.1, 0.15) is 0 Å². The molecule has 0 aliphatic rings. The zero-order chi connectivity index (χ0) is 12.9. The predicted molar refractivity (Wildman–Crippen MR) is 63.7 cm³/mol. The summed E-state index contributed by atoms with van der Waals surface area (Å²) in [6.45, 7) is 0.381. The molecule has 0 aliphatic carbocycles. The highest BCUT2D eigenvalue weighted by Crippen LogP contribution is 2.21. The van der Waals surface area contributed by atoms with Crippen LogP contribution in [0.5, 0.6) is 0 Å². The zero-order valence-corrected chi connectivity index (χ0v) is 10.5. The van der Waals surface area contributed by atoms with Crippen LogP contribution in [-0.4, -0.2) is 19.3 Å². The van der Waals surface area contributed by atoms with Crippen LogP contribution in [0.4, 0.5) is 13.2 Å². The second kappa shape index (κ2) is 6.47. The van der Waals surface area contributed by atoms with Crippen LogP contribution in [0, 0.1) is 0 Å². The Hall–Kier alpha value is -0.450. The molecule has 1 nitrogen and oxygen atoms in total. The average Bonchev–Trinajstić information content (AvgIpc) is 2.18. The predicted octanol–water partition coefficient (Wildman–Crippen LogP) is 4.08. The van der Waals surface area contributed by atoms with Crippen LogP contribution in [0.3, 0.4) is 0 Å². The van der Waals surface area contributed by atoms with Gasteiger partial charge < -0.3 is 5.32 Å². The van der Waals surface area contributed by atoms with Gasteiger partial charge in [0.25, 0.3) is 0 Å². The van der Waals surface area contributed by atoms with E-state index in [2.05, 4.69) is 5.32 Å². The summed E-state index contributed by atoms with van der Waals surface area (Å²) in [5, 5.41) is 3.80. The van der Waals surface area contributed by atoms with Crippen LogP contribution in [0.25, 0.3) is 0 Å². The van der Waals surface area contributed by atoms with E-state index in [0.29, 0.717) is 23.0 Å². The van der Waals surface area contributed by atoms with Gasteiger partial charge in [0.05, 0.1) is 6.42 Å². The Morgan fingerprint density at radius 3 is 2.41 bits per heavy atom. The van der Waals surface area contributed by atoms with Gasteiger partial charge in [-0.3, -0.25) is 0 Å². The normalized spacial score (nSPS) is 11.8. The zero-order valence-electron chi connectivity index (χ0n) is 8.95. The summed E-state index contributed by atoms with van der Waals surface area (Å²) in [6, 6.07) is 5.10. The first-order valence-corrected chi connectivity index (χ1v) is 5.85. The summed E-state index contributed by atoms with van der Waals surface area (Å²) in [4.78, 5) is 0. The maximum atomic E-state index is 11.8. The summed E-state index contributed by atoms with van der Waals surface area (Å²) in [6.07, 6.45) is -4.35. The van der Waals surface area contributed by atoms with Gasteiger partial charge in [-0.1, -0.05) is 29.3 Å². The topological polar surface area (TPSA) is 12.0 Å². The molecule has 0 bridgehead atoms. The summed E-state index contributed by atoms with van der Waals surface area (Å²) >= 11 is 11.6. The van der Waals surface area contributed by atoms with Crippen molar-refractivity contribution in [2.24, 2.45) is 0 Å². The van der Waals surface area contributed by atoms with Crippen LogP contribution >= 0.6 is 23.2 Å². The largest absolute Gasteiger partial charge is 0.390 e. The highest BCUT2D eigenvalue weighted by atomic mass is 35.5. The van der Waals surface area contributed by atoms with Crippen molar-refractivity contribution in [3.8, 4) is 0 Å². The van der Waals surface area contributed by atoms with Crippen molar-refractivity contribution >= 4 is 23.2 Å². The van der Waals surface area contributed by atoms with Gasteiger partial charge in [0.15, 0.2) is 0 Å². The molecule has 0 radical (unpaired) electrons. The van der Waals surface area contributed by atoms with Gasteiger partial charge in [-0.2, -0.15) is 13.2 Å². The second-order valence-electron chi connectivity index (χ2n) is 3.60. The Bertz CT molecular complexity index is 366. The molecule has 0 atom stereocenters. The average molecular weight is 286 g/mol. The van der Waals surface area contributed by atoms with Crippen molar-refractivity contribution in [2.45, 2.75) is 19.0 Å². The quantitative estimate of drug-likeness (QED) is 0.804. The van der Waals surface area contributed by atoms with Gasteiger partial charge in [0.2, 0.25) is 0 Å². The van der Waals surface area contributed by atoms with Crippen LogP contribution in [0.1, 0.15) is 12.0 Å².